The Bertz CT molecular complexity index is 457. The van der Waals surface area contributed by atoms with E-state index < -0.39 is 6.03 Å². The summed E-state index contributed by atoms with van der Waals surface area (Å²) in [5.74, 6) is 1.46. The van der Waals surface area contributed by atoms with E-state index in [0.717, 1.165) is 11.5 Å². The molecule has 0 saturated heterocycles. The molecule has 0 aliphatic rings. The lowest BCUT2D eigenvalue weighted by Crippen LogP contribution is -2.33. The molecule has 7 heteroatoms. The molecule has 0 aliphatic carbocycles. The van der Waals surface area contributed by atoms with E-state index in [1.54, 1.807) is 7.11 Å². The molecule has 112 valence electrons. The Balaban J connectivity index is 2.78. The lowest BCUT2D eigenvalue weighted by Gasteiger charge is -2.19. The number of ether oxygens (including phenoxy) is 1. The third-order valence-corrected chi connectivity index (χ3v) is 2.47. The Hall–Kier alpha value is -1.89. The second-order valence-corrected chi connectivity index (χ2v) is 5.47. The number of hydrogen-bond acceptors (Lipinski definition) is 5. The molecule has 0 fully saturated rings. The first-order valence-electron chi connectivity index (χ1n) is 6.47. The number of anilines is 1. The number of carbonyl (C=O) groups is 1. The number of hydrogen-bond donors (Lipinski definition) is 3. The number of rotatable bonds is 6. The van der Waals surface area contributed by atoms with Gasteiger partial charge in [0.15, 0.2) is 0 Å². The SMILES string of the molecule is COCc1cc(NCCNC(N)=O)nc(C(C)(C)C)n1. The predicted octanol–water partition coefficient (Wildman–Crippen LogP) is 1.00. The van der Waals surface area contributed by atoms with Crippen LogP contribution < -0.4 is 16.4 Å². The molecule has 20 heavy (non-hydrogen) atoms. The molecule has 0 spiro atoms. The summed E-state index contributed by atoms with van der Waals surface area (Å²) in [5.41, 5.74) is 5.67. The minimum atomic E-state index is -0.537. The zero-order chi connectivity index (χ0) is 15.2. The quantitative estimate of drug-likeness (QED) is 0.675. The minimum Gasteiger partial charge on any atom is -0.378 e. The molecule has 0 aromatic carbocycles. The second kappa shape index (κ2) is 7.04. The Morgan fingerprint density at radius 2 is 2.05 bits per heavy atom. The van der Waals surface area contributed by atoms with E-state index >= 15 is 0 Å². The predicted molar refractivity (Wildman–Crippen MR) is 77.5 cm³/mol. The van der Waals surface area contributed by atoms with Crippen molar-refractivity contribution in [1.29, 1.82) is 0 Å². The fourth-order valence-corrected chi connectivity index (χ4v) is 1.52. The Morgan fingerprint density at radius 1 is 1.35 bits per heavy atom. The highest BCUT2D eigenvalue weighted by molar-refractivity contribution is 5.71. The van der Waals surface area contributed by atoms with Crippen molar-refractivity contribution >= 4 is 11.8 Å². The van der Waals surface area contributed by atoms with E-state index in [-0.39, 0.29) is 5.41 Å². The van der Waals surface area contributed by atoms with Gasteiger partial charge in [0.05, 0.1) is 12.3 Å². The summed E-state index contributed by atoms with van der Waals surface area (Å²) in [6.45, 7) is 7.56. The Kier molecular flexibility index (Phi) is 5.69. The van der Waals surface area contributed by atoms with Crippen molar-refractivity contribution in [2.24, 2.45) is 5.73 Å². The summed E-state index contributed by atoms with van der Waals surface area (Å²) in [6, 6.07) is 1.30. The largest absolute Gasteiger partial charge is 0.378 e. The number of primary amides is 1. The van der Waals surface area contributed by atoms with Crippen molar-refractivity contribution in [3.05, 3.63) is 17.6 Å². The highest BCUT2D eigenvalue weighted by Crippen LogP contribution is 2.20. The maximum atomic E-state index is 10.6. The monoisotopic (exact) mass is 281 g/mol. The molecule has 1 rings (SSSR count). The van der Waals surface area contributed by atoms with Gasteiger partial charge in [0.25, 0.3) is 0 Å². The van der Waals surface area contributed by atoms with Gasteiger partial charge in [-0.15, -0.1) is 0 Å². The number of urea groups is 1. The van der Waals surface area contributed by atoms with Crippen LogP contribution in [0.3, 0.4) is 0 Å². The van der Waals surface area contributed by atoms with Crippen LogP contribution in [0.5, 0.6) is 0 Å². The Morgan fingerprint density at radius 3 is 2.60 bits per heavy atom. The van der Waals surface area contributed by atoms with E-state index in [4.69, 9.17) is 10.5 Å². The molecule has 0 saturated carbocycles. The highest BCUT2D eigenvalue weighted by atomic mass is 16.5. The molecule has 0 unspecified atom stereocenters. The average Bonchev–Trinajstić information content (AvgIpc) is 2.33. The van der Waals surface area contributed by atoms with E-state index in [2.05, 4.69) is 41.4 Å². The molecule has 4 N–H and O–H groups in total. The van der Waals surface area contributed by atoms with Gasteiger partial charge in [-0.1, -0.05) is 20.8 Å². The van der Waals surface area contributed by atoms with Crippen LogP contribution >= 0.6 is 0 Å². The van der Waals surface area contributed by atoms with E-state index in [1.807, 2.05) is 6.07 Å². The molecule has 0 radical (unpaired) electrons. The standard InChI is InChI=1S/C13H23N5O2/c1-13(2,3)11-17-9(8-20-4)7-10(18-11)15-5-6-16-12(14)19/h7H,5-6,8H2,1-4H3,(H3,14,16,19)(H,15,17,18). The number of nitrogens with one attached hydrogen (secondary N) is 2. The second-order valence-electron chi connectivity index (χ2n) is 5.47. The maximum Gasteiger partial charge on any atom is 0.312 e. The van der Waals surface area contributed by atoms with Crippen molar-refractivity contribution in [1.82, 2.24) is 15.3 Å². The van der Waals surface area contributed by atoms with Crippen LogP contribution in [0.15, 0.2) is 6.07 Å². The summed E-state index contributed by atoms with van der Waals surface area (Å²) in [6.07, 6.45) is 0. The zero-order valence-corrected chi connectivity index (χ0v) is 12.5. The van der Waals surface area contributed by atoms with Crippen LogP contribution in [0.25, 0.3) is 0 Å². The van der Waals surface area contributed by atoms with Gasteiger partial charge in [-0.05, 0) is 0 Å². The summed E-state index contributed by atoms with van der Waals surface area (Å²) in [4.78, 5) is 19.5. The average molecular weight is 281 g/mol. The van der Waals surface area contributed by atoms with Gasteiger partial charge in [-0.3, -0.25) is 0 Å². The first-order valence-corrected chi connectivity index (χ1v) is 6.47. The van der Waals surface area contributed by atoms with Gasteiger partial charge in [0.2, 0.25) is 0 Å². The van der Waals surface area contributed by atoms with E-state index in [1.165, 1.54) is 0 Å². The van der Waals surface area contributed by atoms with Crippen LogP contribution in [0.2, 0.25) is 0 Å². The molecular weight excluding hydrogens is 258 g/mol. The molecule has 0 bridgehead atoms. The molecule has 7 nitrogen and oxygen atoms in total. The summed E-state index contributed by atoms with van der Waals surface area (Å²) in [5, 5.41) is 5.64. The lowest BCUT2D eigenvalue weighted by molar-refractivity contribution is 0.181. The smallest absolute Gasteiger partial charge is 0.312 e. The van der Waals surface area contributed by atoms with Gasteiger partial charge in [-0.25, -0.2) is 14.8 Å². The molecule has 2 amide bonds. The van der Waals surface area contributed by atoms with Crippen LogP contribution in [0.1, 0.15) is 32.3 Å². The third-order valence-electron chi connectivity index (χ3n) is 2.47. The topological polar surface area (TPSA) is 102 Å². The maximum absolute atomic E-state index is 10.6. The van der Waals surface area contributed by atoms with Crippen molar-refractivity contribution in [2.75, 3.05) is 25.5 Å². The van der Waals surface area contributed by atoms with E-state index in [0.29, 0.717) is 25.5 Å². The number of carbonyl (C=O) groups excluding carboxylic acids is 1. The van der Waals surface area contributed by atoms with Gasteiger partial charge >= 0.3 is 6.03 Å². The van der Waals surface area contributed by atoms with Crippen LogP contribution in [-0.4, -0.2) is 36.2 Å². The summed E-state index contributed by atoms with van der Waals surface area (Å²) in [7, 11) is 1.63. The first-order chi connectivity index (χ1) is 9.32. The summed E-state index contributed by atoms with van der Waals surface area (Å²) < 4.78 is 5.12. The number of nitrogens with zero attached hydrogens (tertiary/aromatic N) is 2. The normalized spacial score (nSPS) is 11.2. The molecule has 1 heterocycles. The minimum absolute atomic E-state index is 0.147. The number of aromatic nitrogens is 2. The van der Waals surface area contributed by atoms with E-state index in [9.17, 15) is 4.79 Å². The Labute approximate surface area is 119 Å². The van der Waals surface area contributed by atoms with Crippen molar-refractivity contribution < 1.29 is 9.53 Å². The zero-order valence-electron chi connectivity index (χ0n) is 12.5. The first kappa shape index (κ1) is 16.2. The van der Waals surface area contributed by atoms with Crippen LogP contribution in [-0.2, 0) is 16.8 Å². The number of methoxy groups -OCH3 is 1. The summed E-state index contributed by atoms with van der Waals surface area (Å²) >= 11 is 0. The van der Waals surface area contributed by atoms with Crippen LogP contribution in [0, 0.1) is 0 Å². The molecule has 0 aliphatic heterocycles. The number of amides is 2. The van der Waals surface area contributed by atoms with Gasteiger partial charge in [0.1, 0.15) is 11.6 Å². The molecular formula is C13H23N5O2. The highest BCUT2D eigenvalue weighted by Gasteiger charge is 2.19. The number of nitrogens with two attached hydrogens (primary N) is 1. The fraction of sp³-hybridized carbons (Fsp3) is 0.615. The third kappa shape index (κ3) is 5.40. The fourth-order valence-electron chi connectivity index (χ4n) is 1.52. The van der Waals surface area contributed by atoms with Crippen LogP contribution in [0.4, 0.5) is 10.6 Å². The van der Waals surface area contributed by atoms with Gasteiger partial charge in [0, 0.05) is 31.7 Å². The molecule has 1 aromatic rings. The molecule has 1 aromatic heterocycles. The van der Waals surface area contributed by atoms with Gasteiger partial charge in [-0.2, -0.15) is 0 Å². The van der Waals surface area contributed by atoms with Crippen molar-refractivity contribution in [2.45, 2.75) is 32.8 Å². The van der Waals surface area contributed by atoms with Crippen molar-refractivity contribution in [3.8, 4) is 0 Å². The lowest BCUT2D eigenvalue weighted by atomic mass is 9.95. The van der Waals surface area contributed by atoms with Gasteiger partial charge < -0.3 is 21.1 Å². The van der Waals surface area contributed by atoms with Crippen molar-refractivity contribution in [3.63, 3.8) is 0 Å². The molecule has 0 atom stereocenters.